The Kier molecular flexibility index (Phi) is 3.85. The van der Waals surface area contributed by atoms with E-state index in [1.54, 1.807) is 24.3 Å². The average molecular weight is 323 g/mol. The van der Waals surface area contributed by atoms with E-state index in [1.807, 2.05) is 6.07 Å². The molecule has 0 radical (unpaired) electrons. The first kappa shape index (κ1) is 15.5. The van der Waals surface area contributed by atoms with Crippen LogP contribution in [0.25, 0.3) is 0 Å². The van der Waals surface area contributed by atoms with Gasteiger partial charge in [-0.05, 0) is 5.56 Å². The van der Waals surface area contributed by atoms with Gasteiger partial charge in [-0.1, -0.05) is 30.3 Å². The third-order valence-electron chi connectivity index (χ3n) is 3.84. The van der Waals surface area contributed by atoms with E-state index < -0.39 is 18.8 Å². The van der Waals surface area contributed by atoms with E-state index in [4.69, 9.17) is 11.5 Å². The van der Waals surface area contributed by atoms with Gasteiger partial charge in [-0.25, -0.2) is 4.98 Å². The number of aromatic nitrogens is 2. The molecule has 1 aliphatic heterocycles. The number of anilines is 2. The van der Waals surface area contributed by atoms with Crippen LogP contribution in [-0.4, -0.2) is 34.1 Å². The topological polar surface area (TPSA) is 81.1 Å². The Balaban J connectivity index is 2.11. The fourth-order valence-electron chi connectivity index (χ4n) is 3.02. The second-order valence-electron chi connectivity index (χ2n) is 5.48. The Hall–Kier alpha value is -2.35. The van der Waals surface area contributed by atoms with E-state index in [9.17, 15) is 13.2 Å². The highest BCUT2D eigenvalue weighted by Crippen LogP contribution is 2.38. The van der Waals surface area contributed by atoms with Crippen LogP contribution in [-0.2, 0) is 6.42 Å². The molecular weight excluding hydrogens is 307 g/mol. The van der Waals surface area contributed by atoms with Gasteiger partial charge in [0.1, 0.15) is 5.82 Å². The first-order valence-corrected chi connectivity index (χ1v) is 7.12. The summed E-state index contributed by atoms with van der Waals surface area (Å²) in [6, 6.07) is 8.29. The predicted molar refractivity (Wildman–Crippen MR) is 80.5 cm³/mol. The van der Waals surface area contributed by atoms with Crippen molar-refractivity contribution in [2.45, 2.75) is 18.6 Å². The van der Waals surface area contributed by atoms with Crippen LogP contribution in [0, 0.1) is 0 Å². The molecule has 0 bridgehead atoms. The fourth-order valence-corrected chi connectivity index (χ4v) is 3.02. The predicted octanol–water partition coefficient (Wildman–Crippen LogP) is 2.15. The van der Waals surface area contributed by atoms with Crippen molar-refractivity contribution in [1.29, 1.82) is 0 Å². The van der Waals surface area contributed by atoms with Crippen LogP contribution in [0.4, 0.5) is 24.9 Å². The molecule has 0 saturated heterocycles. The minimum absolute atomic E-state index is 0.0392. The minimum Gasteiger partial charge on any atom is -0.383 e. The molecular formula is C15H16F3N5. The zero-order valence-electron chi connectivity index (χ0n) is 12.2. The van der Waals surface area contributed by atoms with Crippen molar-refractivity contribution >= 4 is 11.8 Å². The van der Waals surface area contributed by atoms with Gasteiger partial charge in [-0.2, -0.15) is 18.2 Å². The Morgan fingerprint density at radius 3 is 2.48 bits per heavy atom. The first-order valence-electron chi connectivity index (χ1n) is 7.12. The number of hydrogen-bond donors (Lipinski definition) is 2. The monoisotopic (exact) mass is 323 g/mol. The fraction of sp³-hybridized carbons (Fsp3) is 0.333. The molecule has 0 spiro atoms. The summed E-state index contributed by atoms with van der Waals surface area (Å²) in [5.41, 5.74) is 13.4. The Morgan fingerprint density at radius 2 is 1.83 bits per heavy atom. The molecule has 1 unspecified atom stereocenters. The molecule has 0 amide bonds. The van der Waals surface area contributed by atoms with Crippen LogP contribution < -0.4 is 11.5 Å². The van der Waals surface area contributed by atoms with E-state index in [-0.39, 0.29) is 18.3 Å². The molecule has 2 heterocycles. The third kappa shape index (κ3) is 3.21. The molecule has 0 fully saturated rings. The molecule has 1 aromatic carbocycles. The molecule has 1 aliphatic rings. The van der Waals surface area contributed by atoms with Crippen molar-refractivity contribution in [3.63, 3.8) is 0 Å². The lowest BCUT2D eigenvalue weighted by Gasteiger charge is -2.37. The largest absolute Gasteiger partial charge is 0.401 e. The molecule has 0 aliphatic carbocycles. The number of rotatable bonds is 2. The maximum absolute atomic E-state index is 12.9. The van der Waals surface area contributed by atoms with Crippen LogP contribution in [0.15, 0.2) is 30.3 Å². The lowest BCUT2D eigenvalue weighted by molar-refractivity contribution is -0.150. The van der Waals surface area contributed by atoms with Crippen molar-refractivity contribution in [1.82, 2.24) is 14.9 Å². The highest BCUT2D eigenvalue weighted by molar-refractivity contribution is 5.52. The highest BCUT2D eigenvalue weighted by Gasteiger charge is 2.39. The van der Waals surface area contributed by atoms with Crippen LogP contribution in [0.5, 0.6) is 0 Å². The zero-order valence-corrected chi connectivity index (χ0v) is 12.2. The van der Waals surface area contributed by atoms with Crippen molar-refractivity contribution < 1.29 is 13.2 Å². The van der Waals surface area contributed by atoms with Gasteiger partial charge in [0.2, 0.25) is 5.95 Å². The third-order valence-corrected chi connectivity index (χ3v) is 3.84. The van der Waals surface area contributed by atoms with Crippen LogP contribution in [0.3, 0.4) is 0 Å². The summed E-state index contributed by atoms with van der Waals surface area (Å²) < 4.78 is 38.8. The summed E-state index contributed by atoms with van der Waals surface area (Å²) in [6.45, 7) is -0.794. The number of benzene rings is 1. The van der Waals surface area contributed by atoms with Gasteiger partial charge in [0, 0.05) is 18.5 Å². The Morgan fingerprint density at radius 1 is 1.13 bits per heavy atom. The summed E-state index contributed by atoms with van der Waals surface area (Å²) in [5.74, 6) is 0.172. The highest BCUT2D eigenvalue weighted by atomic mass is 19.4. The number of nitrogens with two attached hydrogens (primary N) is 2. The van der Waals surface area contributed by atoms with Gasteiger partial charge in [0.15, 0.2) is 0 Å². The standard InChI is InChI=1S/C15H16F3N5/c16-15(17,18)8-23-7-6-10-11(13(19)22-14(20)21-10)12(23)9-4-2-1-3-5-9/h1-5,12H,6-8H2,(H4,19,20,21,22). The number of nitrogens with zero attached hydrogens (tertiary/aromatic N) is 3. The summed E-state index contributed by atoms with van der Waals surface area (Å²) in [6.07, 6.45) is -3.94. The van der Waals surface area contributed by atoms with E-state index in [1.165, 1.54) is 4.90 Å². The molecule has 5 nitrogen and oxygen atoms in total. The number of nitrogen functional groups attached to an aromatic ring is 2. The summed E-state index contributed by atoms with van der Waals surface area (Å²) in [7, 11) is 0. The molecule has 4 N–H and O–H groups in total. The van der Waals surface area contributed by atoms with E-state index >= 15 is 0 Å². The van der Waals surface area contributed by atoms with Crippen LogP contribution in [0.1, 0.15) is 22.9 Å². The van der Waals surface area contributed by atoms with E-state index in [2.05, 4.69) is 9.97 Å². The molecule has 3 rings (SSSR count). The second-order valence-corrected chi connectivity index (χ2v) is 5.48. The van der Waals surface area contributed by atoms with Gasteiger partial charge in [-0.15, -0.1) is 0 Å². The van der Waals surface area contributed by atoms with Gasteiger partial charge >= 0.3 is 6.18 Å². The van der Waals surface area contributed by atoms with Crippen molar-refractivity contribution in [2.24, 2.45) is 0 Å². The summed E-state index contributed by atoms with van der Waals surface area (Å²) >= 11 is 0. The number of fused-ring (bicyclic) bond motifs is 1. The van der Waals surface area contributed by atoms with E-state index in [0.29, 0.717) is 17.7 Å². The van der Waals surface area contributed by atoms with Gasteiger partial charge in [-0.3, -0.25) is 4.90 Å². The summed E-state index contributed by atoms with van der Waals surface area (Å²) in [5, 5.41) is 0. The van der Waals surface area contributed by atoms with Crippen molar-refractivity contribution in [2.75, 3.05) is 24.6 Å². The molecule has 1 atom stereocenters. The van der Waals surface area contributed by atoms with Crippen molar-refractivity contribution in [3.8, 4) is 0 Å². The van der Waals surface area contributed by atoms with Gasteiger partial charge < -0.3 is 11.5 Å². The molecule has 0 saturated carbocycles. The Bertz CT molecular complexity index is 702. The lowest BCUT2D eigenvalue weighted by atomic mass is 9.91. The second kappa shape index (κ2) is 5.69. The molecule has 1 aromatic heterocycles. The average Bonchev–Trinajstić information content (AvgIpc) is 2.47. The number of alkyl halides is 3. The maximum Gasteiger partial charge on any atom is 0.401 e. The zero-order chi connectivity index (χ0) is 16.6. The number of halogens is 3. The smallest absolute Gasteiger partial charge is 0.383 e. The number of hydrogen-bond acceptors (Lipinski definition) is 5. The van der Waals surface area contributed by atoms with Crippen LogP contribution >= 0.6 is 0 Å². The van der Waals surface area contributed by atoms with E-state index in [0.717, 1.165) is 5.56 Å². The molecule has 2 aromatic rings. The first-order chi connectivity index (χ1) is 10.8. The van der Waals surface area contributed by atoms with Crippen LogP contribution in [0.2, 0.25) is 0 Å². The Labute approximate surface area is 131 Å². The molecule has 122 valence electrons. The summed E-state index contributed by atoms with van der Waals surface area (Å²) in [4.78, 5) is 9.44. The SMILES string of the molecule is Nc1nc(N)c2c(n1)CCN(CC(F)(F)F)C2c1ccccc1. The maximum atomic E-state index is 12.9. The molecule has 23 heavy (non-hydrogen) atoms. The van der Waals surface area contributed by atoms with Crippen molar-refractivity contribution in [3.05, 3.63) is 47.2 Å². The minimum atomic E-state index is -4.30. The normalized spacial score (nSPS) is 18.7. The van der Waals surface area contributed by atoms with Gasteiger partial charge in [0.25, 0.3) is 0 Å². The quantitative estimate of drug-likeness (QED) is 0.885. The molecule has 8 heteroatoms. The van der Waals surface area contributed by atoms with Gasteiger partial charge in [0.05, 0.1) is 18.3 Å². The lowest BCUT2D eigenvalue weighted by Crippen LogP contribution is -2.42.